The summed E-state index contributed by atoms with van der Waals surface area (Å²) in [5.74, 6) is 0.312. The topological polar surface area (TPSA) is 0 Å². The van der Waals surface area contributed by atoms with Crippen LogP contribution >= 0.6 is 0 Å². The van der Waals surface area contributed by atoms with Gasteiger partial charge in [0.05, 0.1) is 0 Å². The van der Waals surface area contributed by atoms with Gasteiger partial charge in [-0.2, -0.15) is 0 Å². The maximum absolute atomic E-state index is 6.18. The van der Waals surface area contributed by atoms with Gasteiger partial charge in [0.1, 0.15) is 0 Å². The van der Waals surface area contributed by atoms with Gasteiger partial charge in [0.25, 0.3) is 0 Å². The number of allylic oxidation sites excluding steroid dienone is 4. The molecule has 56 heavy (non-hydrogen) atoms. The molecule has 0 N–H and O–H groups in total. The maximum atomic E-state index is 6.18. The second-order valence-corrected chi connectivity index (χ2v) is 35.3. The van der Waals surface area contributed by atoms with Crippen LogP contribution in [0, 0.1) is 11.3 Å². The van der Waals surface area contributed by atoms with E-state index < -0.39 is 18.3 Å². The standard InChI is InChI=1S/C21H25.C13H21.2C10H13.CH2.Zr/c1-20(2,3)16-7-9-18-14(12-16)11-15-13-17(21(4,5)6)8-10-19(15)18;1-6-10-8-11(7-2)12(9-10)13(3,4)5;2*1-10(2,3)9-7-5-4-6-8-9;;/h7-10,12H,11H2,1-6H3;9-10H,6-7H2,1-5H3;2*5-8H,1-3H3;1H2;. The molecule has 0 spiro atoms. The fraction of sp³-hybridized carbons (Fsp3) is 0.473. The van der Waals surface area contributed by atoms with Crippen LogP contribution < -0.4 is 9.81 Å². The minimum atomic E-state index is -5.33. The predicted octanol–water partition coefficient (Wildman–Crippen LogP) is 13.5. The fourth-order valence-electron chi connectivity index (χ4n) is 10.5. The van der Waals surface area contributed by atoms with E-state index >= 15 is 0 Å². The van der Waals surface area contributed by atoms with E-state index in [1.807, 2.05) is 0 Å². The quantitative estimate of drug-likeness (QED) is 0.160. The average molecular weight is 826 g/mol. The van der Waals surface area contributed by atoms with Crippen molar-refractivity contribution in [2.75, 3.05) is 0 Å². The molecule has 2 aliphatic rings. The van der Waals surface area contributed by atoms with Gasteiger partial charge in [-0.05, 0) is 0 Å². The van der Waals surface area contributed by atoms with E-state index in [1.54, 1.807) is 12.1 Å². The van der Waals surface area contributed by atoms with Gasteiger partial charge in [-0.25, -0.2) is 0 Å². The molecular weight excluding hydrogens is 752 g/mol. The van der Waals surface area contributed by atoms with Crippen LogP contribution in [0.25, 0.3) is 11.1 Å². The molecule has 1 unspecified atom stereocenters. The van der Waals surface area contributed by atoms with Gasteiger partial charge in [0, 0.05) is 0 Å². The zero-order chi connectivity index (χ0) is 41.6. The third kappa shape index (κ3) is 6.83. The molecule has 0 aromatic heterocycles. The fourth-order valence-corrected chi connectivity index (χ4v) is 29.2. The molecule has 4 aromatic carbocycles. The van der Waals surface area contributed by atoms with Crippen LogP contribution in [-0.4, -0.2) is 4.21 Å². The molecule has 0 heterocycles. The van der Waals surface area contributed by atoms with E-state index in [0.717, 1.165) is 19.3 Å². The van der Waals surface area contributed by atoms with Crippen molar-refractivity contribution in [2.24, 2.45) is 11.3 Å². The first-order valence-corrected chi connectivity index (χ1v) is 28.3. The van der Waals surface area contributed by atoms with Crippen LogP contribution in [0.1, 0.15) is 164 Å². The van der Waals surface area contributed by atoms with Gasteiger partial charge in [-0.15, -0.1) is 0 Å². The van der Waals surface area contributed by atoms with Crippen molar-refractivity contribution in [1.29, 1.82) is 0 Å². The summed E-state index contributed by atoms with van der Waals surface area (Å²) in [5.41, 5.74) is 14.6. The number of hydrogen-bond donors (Lipinski definition) is 0. The molecule has 1 heteroatoms. The van der Waals surface area contributed by atoms with Crippen molar-refractivity contribution in [3.8, 4) is 11.1 Å². The van der Waals surface area contributed by atoms with Gasteiger partial charge in [-0.1, -0.05) is 0 Å². The van der Waals surface area contributed by atoms with E-state index in [0.29, 0.717) is 5.92 Å². The predicted molar refractivity (Wildman–Crippen MR) is 247 cm³/mol. The first-order chi connectivity index (χ1) is 25.7. The summed E-state index contributed by atoms with van der Waals surface area (Å²) in [6.07, 6.45) is 5.71. The Morgan fingerprint density at radius 1 is 0.554 bits per heavy atom. The molecule has 0 fully saturated rings. The van der Waals surface area contributed by atoms with Crippen LogP contribution in [0.4, 0.5) is 0 Å². The molecule has 4 aromatic rings. The Morgan fingerprint density at radius 3 is 1.43 bits per heavy atom. The Hall–Kier alpha value is -2.89. The minimum absolute atomic E-state index is 0.0195. The van der Waals surface area contributed by atoms with Crippen molar-refractivity contribution in [3.05, 3.63) is 133 Å². The summed E-state index contributed by atoms with van der Waals surface area (Å²) in [5, 5.41) is 0. The summed E-state index contributed by atoms with van der Waals surface area (Å²) in [6.45, 7) is 40.6. The number of fused-ring (bicyclic) bond motifs is 3. The Morgan fingerprint density at radius 2 is 1.02 bits per heavy atom. The van der Waals surface area contributed by atoms with Crippen molar-refractivity contribution in [3.63, 3.8) is 0 Å². The third-order valence-electron chi connectivity index (χ3n) is 13.7. The molecule has 2 aliphatic carbocycles. The van der Waals surface area contributed by atoms with E-state index in [-0.39, 0.29) is 27.1 Å². The van der Waals surface area contributed by atoms with Crippen molar-refractivity contribution in [2.45, 2.75) is 159 Å². The molecule has 0 saturated heterocycles. The van der Waals surface area contributed by atoms with E-state index in [1.165, 1.54) is 56.6 Å². The van der Waals surface area contributed by atoms with Crippen LogP contribution in [0.2, 0.25) is 0 Å². The average Bonchev–Trinajstić information content (AvgIpc) is 3.68. The zero-order valence-electron chi connectivity index (χ0n) is 38.5. The Balaban J connectivity index is 1.93. The molecule has 0 bridgehead atoms. The van der Waals surface area contributed by atoms with Gasteiger partial charge in [0.15, 0.2) is 0 Å². The summed E-state index contributed by atoms with van der Waals surface area (Å²) in [4.78, 5) is 0. The molecule has 0 aliphatic heterocycles. The monoisotopic (exact) mass is 824 g/mol. The summed E-state index contributed by atoms with van der Waals surface area (Å²) in [7, 11) is 0. The molecular formula is C55H74Zr. The zero-order valence-corrected chi connectivity index (χ0v) is 40.9. The van der Waals surface area contributed by atoms with E-state index in [2.05, 4.69) is 203 Å². The Bertz CT molecular complexity index is 2220. The van der Waals surface area contributed by atoms with Crippen molar-refractivity contribution in [1.82, 2.24) is 0 Å². The van der Waals surface area contributed by atoms with Crippen molar-refractivity contribution >= 4 is 14.0 Å². The molecule has 6 rings (SSSR count). The first kappa shape index (κ1) is 42.7. The van der Waals surface area contributed by atoms with E-state index in [4.69, 9.17) is 4.21 Å². The molecule has 298 valence electrons. The number of hydrogen-bond acceptors (Lipinski definition) is 0. The Kier molecular flexibility index (Phi) is 10.6. The third-order valence-corrected chi connectivity index (χ3v) is 30.3. The summed E-state index contributed by atoms with van der Waals surface area (Å²) < 4.78 is 12.4. The number of benzene rings is 4. The normalized spacial score (nSPS) is 17.0. The summed E-state index contributed by atoms with van der Waals surface area (Å²) >= 11 is -5.33. The Labute approximate surface area is 343 Å². The van der Waals surface area contributed by atoms with Gasteiger partial charge < -0.3 is 0 Å². The second kappa shape index (κ2) is 13.9. The molecule has 0 radical (unpaired) electrons. The number of rotatable bonds is 6. The first-order valence-electron chi connectivity index (χ1n) is 21.7. The van der Waals surface area contributed by atoms with Gasteiger partial charge in [-0.3, -0.25) is 0 Å². The second-order valence-electron chi connectivity index (χ2n) is 22.8. The molecule has 0 saturated carbocycles. The van der Waals surface area contributed by atoms with Gasteiger partial charge in [0.2, 0.25) is 0 Å². The van der Waals surface area contributed by atoms with Crippen LogP contribution in [0.5, 0.6) is 0 Å². The molecule has 0 amide bonds. The van der Waals surface area contributed by atoms with E-state index in [9.17, 15) is 0 Å². The SMILES string of the molecule is [CH2]=[Zr]([C]1=C(CC)C(C(C)(C)C)=CC1CC)([c]1ccc(C(C)(C)C)cc1)([c]1ccc(C(C)(C)C)cc1)[c]1c(C(C)(C)C)ccc2c1Cc1cc(C(C)(C)C)ccc1-2. The molecule has 0 nitrogen and oxygen atoms in total. The van der Waals surface area contributed by atoms with Gasteiger partial charge >= 0.3 is 346 Å². The van der Waals surface area contributed by atoms with Crippen LogP contribution in [0.15, 0.2) is 99.4 Å². The van der Waals surface area contributed by atoms with Crippen molar-refractivity contribution < 1.29 is 18.3 Å². The van der Waals surface area contributed by atoms with Crippen LogP contribution in [0.3, 0.4) is 0 Å². The summed E-state index contributed by atoms with van der Waals surface area (Å²) in [6, 6.07) is 32.4. The van der Waals surface area contributed by atoms with Crippen LogP contribution in [-0.2, 0) is 46.4 Å². The molecule has 1 atom stereocenters.